The third-order valence-electron chi connectivity index (χ3n) is 6.23. The van der Waals surface area contributed by atoms with Crippen LogP contribution in [0, 0.1) is 24.2 Å². The zero-order chi connectivity index (χ0) is 21.6. The van der Waals surface area contributed by atoms with E-state index < -0.39 is 5.56 Å². The molecule has 2 aromatic heterocycles. The van der Waals surface area contributed by atoms with Gasteiger partial charge < -0.3 is 19.4 Å². The van der Waals surface area contributed by atoms with Gasteiger partial charge in [0.05, 0.1) is 11.6 Å². The number of piperidine rings is 1. The van der Waals surface area contributed by atoms with Crippen LogP contribution in [0.5, 0.6) is 0 Å². The van der Waals surface area contributed by atoms with Crippen molar-refractivity contribution in [2.24, 2.45) is 5.92 Å². The number of aromatic nitrogens is 2. The molecule has 30 heavy (non-hydrogen) atoms. The summed E-state index contributed by atoms with van der Waals surface area (Å²) in [6.07, 6.45) is 0.930. The fourth-order valence-electron chi connectivity index (χ4n) is 4.92. The Bertz CT molecular complexity index is 1160. The largest absolute Gasteiger partial charge is 0.338 e. The normalized spacial score (nSPS) is 22.5. The number of aromatic amines is 1. The average molecular weight is 407 g/mol. The van der Waals surface area contributed by atoms with Crippen LogP contribution < -0.4 is 11.1 Å². The molecule has 1 amide bonds. The molecule has 2 aliphatic rings. The van der Waals surface area contributed by atoms with Crippen LogP contribution in [0.2, 0.25) is 0 Å². The van der Waals surface area contributed by atoms with Gasteiger partial charge in [0.2, 0.25) is 0 Å². The lowest BCUT2D eigenvalue weighted by atomic mass is 9.78. The first kappa shape index (κ1) is 20.1. The number of pyridine rings is 2. The van der Waals surface area contributed by atoms with E-state index in [0.717, 1.165) is 12.1 Å². The quantitative estimate of drug-likeness (QED) is 0.820. The number of amides is 1. The highest BCUT2D eigenvalue weighted by atomic mass is 16.2. The van der Waals surface area contributed by atoms with Gasteiger partial charge in [-0.1, -0.05) is 6.07 Å². The van der Waals surface area contributed by atoms with E-state index in [2.05, 4.69) is 9.88 Å². The van der Waals surface area contributed by atoms with Gasteiger partial charge in [-0.15, -0.1) is 0 Å². The number of nitriles is 1. The Morgan fingerprint density at radius 1 is 1.30 bits per heavy atom. The average Bonchev–Trinajstić information content (AvgIpc) is 2.70. The maximum absolute atomic E-state index is 13.4. The number of likely N-dealkylation sites (N-methyl/N-ethyl adjacent to an activating group) is 1. The summed E-state index contributed by atoms with van der Waals surface area (Å²) in [5, 5.41) is 9.18. The van der Waals surface area contributed by atoms with Crippen LogP contribution in [0.15, 0.2) is 33.9 Å². The Morgan fingerprint density at radius 2 is 2.07 bits per heavy atom. The summed E-state index contributed by atoms with van der Waals surface area (Å²) in [4.78, 5) is 44.4. The van der Waals surface area contributed by atoms with Crippen LogP contribution in [0.1, 0.15) is 45.7 Å². The predicted octanol–water partition coefficient (Wildman–Crippen LogP) is 1.08. The van der Waals surface area contributed by atoms with Crippen molar-refractivity contribution in [2.75, 3.05) is 33.7 Å². The summed E-state index contributed by atoms with van der Waals surface area (Å²) in [7, 11) is 3.97. The van der Waals surface area contributed by atoms with Gasteiger partial charge in [0.25, 0.3) is 17.0 Å². The highest BCUT2D eigenvalue weighted by Gasteiger charge is 2.42. The number of fused-ring (bicyclic) bond motifs is 4. The summed E-state index contributed by atoms with van der Waals surface area (Å²) in [6, 6.07) is 8.59. The third-order valence-corrected chi connectivity index (χ3v) is 6.23. The molecule has 8 nitrogen and oxygen atoms in total. The molecule has 2 bridgehead atoms. The Morgan fingerprint density at radius 3 is 2.77 bits per heavy atom. The maximum Gasteiger partial charge on any atom is 0.266 e. The Kier molecular flexibility index (Phi) is 5.08. The second kappa shape index (κ2) is 7.58. The first-order valence-electron chi connectivity index (χ1n) is 10.1. The predicted molar refractivity (Wildman–Crippen MR) is 112 cm³/mol. The summed E-state index contributed by atoms with van der Waals surface area (Å²) < 4.78 is 1.92. The third kappa shape index (κ3) is 3.35. The molecule has 8 heteroatoms. The van der Waals surface area contributed by atoms with Crippen molar-refractivity contribution in [3.8, 4) is 6.07 Å². The van der Waals surface area contributed by atoms with Crippen LogP contribution in [0.4, 0.5) is 0 Å². The lowest BCUT2D eigenvalue weighted by Gasteiger charge is -2.47. The van der Waals surface area contributed by atoms with Crippen molar-refractivity contribution in [2.45, 2.75) is 25.3 Å². The van der Waals surface area contributed by atoms with Gasteiger partial charge in [-0.3, -0.25) is 14.4 Å². The molecule has 0 saturated carbocycles. The highest BCUT2D eigenvalue weighted by molar-refractivity contribution is 5.95. The van der Waals surface area contributed by atoms with Gasteiger partial charge in [-0.25, -0.2) is 0 Å². The fourth-order valence-corrected chi connectivity index (χ4v) is 4.92. The number of hydrogen-bond donors (Lipinski definition) is 1. The Hall–Kier alpha value is -3.18. The van der Waals surface area contributed by atoms with Crippen molar-refractivity contribution >= 4 is 5.91 Å². The monoisotopic (exact) mass is 407 g/mol. The minimum absolute atomic E-state index is 0.00367. The molecule has 0 unspecified atom stereocenters. The summed E-state index contributed by atoms with van der Waals surface area (Å²) in [5.41, 5.74) is 1.23. The summed E-state index contributed by atoms with van der Waals surface area (Å²) >= 11 is 0. The molecule has 1 saturated heterocycles. The van der Waals surface area contributed by atoms with Gasteiger partial charge >= 0.3 is 0 Å². The van der Waals surface area contributed by atoms with Crippen molar-refractivity contribution in [3.63, 3.8) is 0 Å². The van der Waals surface area contributed by atoms with Crippen LogP contribution >= 0.6 is 0 Å². The van der Waals surface area contributed by atoms with E-state index in [-0.39, 0.29) is 34.9 Å². The van der Waals surface area contributed by atoms with E-state index in [1.807, 2.05) is 35.7 Å². The number of hydrogen-bond acceptors (Lipinski definition) is 5. The van der Waals surface area contributed by atoms with Crippen molar-refractivity contribution in [1.29, 1.82) is 5.26 Å². The molecule has 3 atom stereocenters. The van der Waals surface area contributed by atoms with Crippen LogP contribution in [-0.4, -0.2) is 59.0 Å². The van der Waals surface area contributed by atoms with Crippen molar-refractivity contribution in [3.05, 3.63) is 67.5 Å². The van der Waals surface area contributed by atoms with Gasteiger partial charge in [0, 0.05) is 43.0 Å². The highest BCUT2D eigenvalue weighted by Crippen LogP contribution is 2.41. The first-order valence-corrected chi connectivity index (χ1v) is 10.1. The number of carbonyl (C=O) groups excluding carboxylic acids is 1. The number of nitrogens with one attached hydrogen (secondary N) is 1. The molecule has 0 radical (unpaired) electrons. The minimum atomic E-state index is -0.485. The maximum atomic E-state index is 13.4. The molecule has 156 valence electrons. The van der Waals surface area contributed by atoms with Crippen molar-refractivity contribution in [1.82, 2.24) is 19.4 Å². The second-order valence-corrected chi connectivity index (χ2v) is 8.55. The minimum Gasteiger partial charge on any atom is -0.338 e. The zero-order valence-electron chi connectivity index (χ0n) is 17.4. The molecule has 4 heterocycles. The lowest BCUT2D eigenvalue weighted by molar-refractivity contribution is 0.0497. The number of nitrogens with zero attached hydrogens (tertiary/aromatic N) is 4. The van der Waals surface area contributed by atoms with Gasteiger partial charge in [-0.2, -0.15) is 5.26 Å². The summed E-state index contributed by atoms with van der Waals surface area (Å²) in [5.74, 6) is 0.0463. The molecule has 1 N–H and O–H groups in total. The number of aryl methyl sites for hydroxylation is 1. The topological polar surface area (TPSA) is 102 Å². The van der Waals surface area contributed by atoms with Crippen LogP contribution in [0.3, 0.4) is 0 Å². The van der Waals surface area contributed by atoms with E-state index in [1.165, 1.54) is 6.07 Å². The van der Waals surface area contributed by atoms with Crippen molar-refractivity contribution < 1.29 is 4.79 Å². The van der Waals surface area contributed by atoms with Crippen LogP contribution in [-0.2, 0) is 0 Å². The molecule has 4 rings (SSSR count). The van der Waals surface area contributed by atoms with Crippen LogP contribution in [0.25, 0.3) is 0 Å². The molecule has 0 spiro atoms. The van der Waals surface area contributed by atoms with E-state index >= 15 is 0 Å². The standard InChI is InChI=1S/C22H25N5O3/c1-13-17(8-14(9-23)21(29)24-13)22(30)26-10-15-7-16(11-26)19(12-25(2)3)27-18(15)5-4-6-20(27)28/h4-6,8,15-16,19H,7,10-12H2,1-3H3,(H,24,29)/t15-,16+,19+/m1/s1. The smallest absolute Gasteiger partial charge is 0.266 e. The molecular formula is C22H25N5O3. The molecule has 2 aliphatic heterocycles. The van der Waals surface area contributed by atoms with Gasteiger partial charge in [0.15, 0.2) is 0 Å². The van der Waals surface area contributed by atoms with E-state index in [1.54, 1.807) is 19.1 Å². The van der Waals surface area contributed by atoms with Gasteiger partial charge in [-0.05, 0) is 45.5 Å². The van der Waals surface area contributed by atoms with E-state index in [4.69, 9.17) is 0 Å². The summed E-state index contributed by atoms with van der Waals surface area (Å²) in [6.45, 7) is 3.43. The molecule has 1 fully saturated rings. The second-order valence-electron chi connectivity index (χ2n) is 8.55. The molecule has 2 aromatic rings. The Balaban J connectivity index is 1.72. The molecule has 0 aliphatic carbocycles. The lowest BCUT2D eigenvalue weighted by Crippen LogP contribution is -2.53. The van der Waals surface area contributed by atoms with E-state index in [9.17, 15) is 19.6 Å². The zero-order valence-corrected chi connectivity index (χ0v) is 17.4. The fraction of sp³-hybridized carbons (Fsp3) is 0.455. The number of H-pyrrole nitrogens is 1. The molecule has 0 aromatic carbocycles. The number of likely N-dealkylation sites (tertiary alicyclic amines) is 1. The SMILES string of the molecule is Cc1[nH]c(=O)c(C#N)cc1C(=O)N1C[C@H]2C[C@@H](C1)[C@H](CN(C)C)n1c2cccc1=O. The first-order chi connectivity index (χ1) is 14.3. The van der Waals surface area contributed by atoms with E-state index in [0.29, 0.717) is 30.9 Å². The number of rotatable bonds is 3. The molecular weight excluding hydrogens is 382 g/mol. The number of carbonyl (C=O) groups is 1. The Labute approximate surface area is 174 Å². The van der Waals surface area contributed by atoms with Gasteiger partial charge in [0.1, 0.15) is 11.6 Å².